The first-order chi connectivity index (χ1) is 9.88. The molecule has 6 nitrogen and oxygen atoms in total. The molecule has 0 amide bonds. The number of halogens is 1. The van der Waals surface area contributed by atoms with Crippen molar-refractivity contribution in [3.05, 3.63) is 62.1 Å². The molecule has 1 N–H and O–H groups in total. The Morgan fingerprint density at radius 3 is 2.52 bits per heavy atom. The van der Waals surface area contributed by atoms with Crippen molar-refractivity contribution in [2.75, 3.05) is 0 Å². The van der Waals surface area contributed by atoms with Crippen LogP contribution in [0.15, 0.2) is 40.9 Å². The fraction of sp³-hybridized carbons (Fsp3) is 0.0714. The maximum absolute atomic E-state index is 11.2. The number of aromatic carboxylic acids is 1. The Balaban J connectivity index is 2.40. The van der Waals surface area contributed by atoms with Crippen LogP contribution in [-0.2, 0) is 0 Å². The number of nitro benzene ring substituents is 1. The first-order valence-electron chi connectivity index (χ1n) is 5.84. The molecule has 0 aromatic heterocycles. The van der Waals surface area contributed by atoms with Crippen LogP contribution in [0.3, 0.4) is 0 Å². The van der Waals surface area contributed by atoms with Gasteiger partial charge in [0.25, 0.3) is 5.69 Å². The molecule has 0 aliphatic heterocycles. The van der Waals surface area contributed by atoms with Gasteiger partial charge >= 0.3 is 5.97 Å². The van der Waals surface area contributed by atoms with Crippen LogP contribution in [0.5, 0.6) is 11.5 Å². The number of benzene rings is 2. The maximum Gasteiger partial charge on any atom is 0.339 e. The summed E-state index contributed by atoms with van der Waals surface area (Å²) in [5.74, 6) is -0.631. The summed E-state index contributed by atoms with van der Waals surface area (Å²) in [4.78, 5) is 21.3. The molecule has 2 aromatic carbocycles. The molecule has 0 bridgehead atoms. The Morgan fingerprint density at radius 1 is 1.24 bits per heavy atom. The number of ether oxygens (including phenoxy) is 1. The zero-order valence-corrected chi connectivity index (χ0v) is 12.5. The molecule has 0 aliphatic carbocycles. The molecule has 0 fully saturated rings. The molecule has 7 heteroatoms. The lowest BCUT2D eigenvalue weighted by molar-refractivity contribution is -0.384. The van der Waals surface area contributed by atoms with Crippen molar-refractivity contribution in [2.24, 2.45) is 0 Å². The lowest BCUT2D eigenvalue weighted by Gasteiger charge is -2.11. The summed E-state index contributed by atoms with van der Waals surface area (Å²) >= 11 is 3.18. The van der Waals surface area contributed by atoms with E-state index in [1.54, 1.807) is 12.1 Å². The number of carboxylic acid groups (broad SMARTS) is 1. The van der Waals surface area contributed by atoms with Crippen LogP contribution in [0.25, 0.3) is 0 Å². The summed E-state index contributed by atoms with van der Waals surface area (Å²) in [6, 6.07) is 8.71. The molecule has 21 heavy (non-hydrogen) atoms. The fourth-order valence-corrected chi connectivity index (χ4v) is 2.14. The fourth-order valence-electron chi connectivity index (χ4n) is 1.70. The van der Waals surface area contributed by atoms with Gasteiger partial charge in [0.15, 0.2) is 0 Å². The molecule has 2 aromatic rings. The number of non-ortho nitro benzene ring substituents is 1. The number of hydrogen-bond donors (Lipinski definition) is 1. The molecule has 0 atom stereocenters. The maximum atomic E-state index is 11.2. The van der Waals surface area contributed by atoms with Crippen molar-refractivity contribution in [3.8, 4) is 11.5 Å². The third kappa shape index (κ3) is 3.38. The number of nitrogens with zero attached hydrogens (tertiary/aromatic N) is 1. The quantitative estimate of drug-likeness (QED) is 0.659. The van der Waals surface area contributed by atoms with Crippen molar-refractivity contribution in [1.29, 1.82) is 0 Å². The minimum absolute atomic E-state index is 0.0193. The number of carbonyl (C=O) groups is 1. The zero-order chi connectivity index (χ0) is 15.6. The van der Waals surface area contributed by atoms with Crippen molar-refractivity contribution < 1.29 is 19.6 Å². The standard InChI is InChI=1S/C14H10BrNO5/c1-8-2-4-10(14(17)18)13(6-8)21-12-5-3-9(16(19)20)7-11(12)15/h2-7H,1H3,(H,17,18). The highest BCUT2D eigenvalue weighted by atomic mass is 79.9. The normalized spacial score (nSPS) is 10.2. The molecule has 0 saturated heterocycles. The van der Waals surface area contributed by atoms with E-state index in [4.69, 9.17) is 9.84 Å². The van der Waals surface area contributed by atoms with Crippen LogP contribution in [-0.4, -0.2) is 16.0 Å². The predicted molar refractivity (Wildman–Crippen MR) is 79.0 cm³/mol. The number of aryl methyl sites for hydroxylation is 1. The van der Waals surface area contributed by atoms with Crippen LogP contribution in [0, 0.1) is 17.0 Å². The highest BCUT2D eigenvalue weighted by Gasteiger charge is 2.15. The summed E-state index contributed by atoms with van der Waals surface area (Å²) < 4.78 is 5.94. The van der Waals surface area contributed by atoms with Crippen molar-refractivity contribution in [2.45, 2.75) is 6.92 Å². The van der Waals surface area contributed by atoms with E-state index in [2.05, 4.69) is 15.9 Å². The summed E-state index contributed by atoms with van der Waals surface area (Å²) in [6.45, 7) is 1.81. The highest BCUT2D eigenvalue weighted by Crippen LogP contribution is 2.34. The molecule has 0 saturated carbocycles. The van der Waals surface area contributed by atoms with E-state index in [0.29, 0.717) is 10.2 Å². The van der Waals surface area contributed by atoms with Gasteiger partial charge in [0.2, 0.25) is 0 Å². The summed E-state index contributed by atoms with van der Waals surface area (Å²) in [6.07, 6.45) is 0. The van der Waals surface area contributed by atoms with Gasteiger partial charge in [0, 0.05) is 12.1 Å². The third-order valence-electron chi connectivity index (χ3n) is 2.71. The van der Waals surface area contributed by atoms with E-state index in [0.717, 1.165) is 5.56 Å². The minimum atomic E-state index is -1.11. The zero-order valence-electron chi connectivity index (χ0n) is 10.9. The van der Waals surface area contributed by atoms with Crippen molar-refractivity contribution in [3.63, 3.8) is 0 Å². The average Bonchev–Trinajstić information content (AvgIpc) is 2.40. The Kier molecular flexibility index (Phi) is 4.23. The lowest BCUT2D eigenvalue weighted by Crippen LogP contribution is -2.00. The Hall–Kier alpha value is -2.41. The monoisotopic (exact) mass is 351 g/mol. The highest BCUT2D eigenvalue weighted by molar-refractivity contribution is 9.10. The lowest BCUT2D eigenvalue weighted by atomic mass is 10.1. The number of nitro groups is 1. The van der Waals surface area contributed by atoms with Crippen LogP contribution in [0.4, 0.5) is 5.69 Å². The van der Waals surface area contributed by atoms with E-state index < -0.39 is 10.9 Å². The van der Waals surface area contributed by atoms with Crippen LogP contribution in [0.1, 0.15) is 15.9 Å². The van der Waals surface area contributed by atoms with E-state index in [9.17, 15) is 14.9 Å². The number of hydrogen-bond acceptors (Lipinski definition) is 4. The molecule has 0 aliphatic rings. The smallest absolute Gasteiger partial charge is 0.339 e. The van der Waals surface area contributed by atoms with E-state index in [1.807, 2.05) is 6.92 Å². The molecule has 0 unspecified atom stereocenters. The van der Waals surface area contributed by atoms with Gasteiger partial charge in [-0.2, -0.15) is 0 Å². The number of carboxylic acids is 1. The third-order valence-corrected chi connectivity index (χ3v) is 3.33. The average molecular weight is 352 g/mol. The second kappa shape index (κ2) is 5.92. The summed E-state index contributed by atoms with van der Waals surface area (Å²) in [5.41, 5.74) is 0.774. The van der Waals surface area contributed by atoms with Crippen LogP contribution < -0.4 is 4.74 Å². The van der Waals surface area contributed by atoms with Gasteiger partial charge in [-0.1, -0.05) is 6.07 Å². The summed E-state index contributed by atoms with van der Waals surface area (Å²) in [5, 5.41) is 19.8. The molecular formula is C14H10BrNO5. The second-order valence-corrected chi connectivity index (χ2v) is 5.13. The van der Waals surface area contributed by atoms with E-state index >= 15 is 0 Å². The first-order valence-corrected chi connectivity index (χ1v) is 6.63. The van der Waals surface area contributed by atoms with E-state index in [-0.39, 0.29) is 17.0 Å². The Bertz CT molecular complexity index is 729. The number of rotatable bonds is 4. The van der Waals surface area contributed by atoms with Gasteiger partial charge in [0.05, 0.1) is 9.40 Å². The van der Waals surface area contributed by atoms with Gasteiger partial charge in [0.1, 0.15) is 17.1 Å². The van der Waals surface area contributed by atoms with Crippen molar-refractivity contribution in [1.82, 2.24) is 0 Å². The van der Waals surface area contributed by atoms with Gasteiger partial charge in [-0.3, -0.25) is 10.1 Å². The molecule has 108 valence electrons. The minimum Gasteiger partial charge on any atom is -0.478 e. The van der Waals surface area contributed by atoms with Gasteiger partial charge in [-0.25, -0.2) is 4.79 Å². The molecular weight excluding hydrogens is 342 g/mol. The summed E-state index contributed by atoms with van der Waals surface area (Å²) in [7, 11) is 0. The molecule has 2 rings (SSSR count). The van der Waals surface area contributed by atoms with Gasteiger partial charge in [-0.15, -0.1) is 0 Å². The Morgan fingerprint density at radius 2 is 1.95 bits per heavy atom. The second-order valence-electron chi connectivity index (χ2n) is 4.28. The Labute approximate surface area is 128 Å². The topological polar surface area (TPSA) is 89.7 Å². The van der Waals surface area contributed by atoms with Crippen LogP contribution in [0.2, 0.25) is 0 Å². The van der Waals surface area contributed by atoms with E-state index in [1.165, 1.54) is 24.3 Å². The molecule has 0 radical (unpaired) electrons. The van der Waals surface area contributed by atoms with Crippen molar-refractivity contribution >= 4 is 27.6 Å². The molecule has 0 spiro atoms. The largest absolute Gasteiger partial charge is 0.478 e. The van der Waals surface area contributed by atoms with Gasteiger partial charge in [-0.05, 0) is 46.6 Å². The first kappa shape index (κ1) is 15.0. The van der Waals surface area contributed by atoms with Gasteiger partial charge < -0.3 is 9.84 Å². The van der Waals surface area contributed by atoms with Crippen LogP contribution >= 0.6 is 15.9 Å². The predicted octanol–water partition coefficient (Wildman–Crippen LogP) is 4.16. The SMILES string of the molecule is Cc1ccc(C(=O)O)c(Oc2ccc([N+](=O)[O-])cc2Br)c1. The molecule has 0 heterocycles.